The van der Waals surface area contributed by atoms with Gasteiger partial charge in [-0.25, -0.2) is 13.2 Å². The molecule has 2 N–H and O–H groups in total. The van der Waals surface area contributed by atoms with Crippen molar-refractivity contribution in [2.75, 3.05) is 11.2 Å². The highest BCUT2D eigenvalue weighted by atomic mass is 79.9. The van der Waals surface area contributed by atoms with E-state index in [4.69, 9.17) is 11.6 Å². The third kappa shape index (κ3) is 3.67. The van der Waals surface area contributed by atoms with Crippen LogP contribution in [0.5, 0.6) is 0 Å². The monoisotopic (exact) mass is 471 g/mol. The standard InChI is InChI=1S/C17H15BrClN3O4S/c1-3-27(25,26)14-5-4-10(19)8-13(14)21-22-16(23)11-6-9(2)7-12(18)15(11)20-17(22)24/h4-8,21H,3H2,1-2H3,(H,20,24). The van der Waals surface area contributed by atoms with Crippen LogP contribution in [-0.4, -0.2) is 23.8 Å². The molecule has 2 aromatic carbocycles. The zero-order valence-electron chi connectivity index (χ0n) is 14.3. The number of anilines is 1. The molecular formula is C17H15BrClN3O4S. The zero-order valence-corrected chi connectivity index (χ0v) is 17.5. The molecule has 0 bridgehead atoms. The summed E-state index contributed by atoms with van der Waals surface area (Å²) in [6, 6.07) is 7.54. The van der Waals surface area contributed by atoms with Gasteiger partial charge >= 0.3 is 5.69 Å². The van der Waals surface area contributed by atoms with E-state index in [2.05, 4.69) is 26.3 Å². The van der Waals surface area contributed by atoms with Crippen LogP contribution in [0.4, 0.5) is 5.69 Å². The predicted molar refractivity (Wildman–Crippen MR) is 109 cm³/mol. The van der Waals surface area contributed by atoms with E-state index in [9.17, 15) is 18.0 Å². The molecule has 1 aromatic heterocycles. The van der Waals surface area contributed by atoms with E-state index in [0.29, 0.717) is 9.99 Å². The summed E-state index contributed by atoms with van der Waals surface area (Å²) in [6.07, 6.45) is 0. The van der Waals surface area contributed by atoms with Gasteiger partial charge < -0.3 is 4.98 Å². The summed E-state index contributed by atoms with van der Waals surface area (Å²) in [6.45, 7) is 3.32. The van der Waals surface area contributed by atoms with Crippen molar-refractivity contribution in [3.05, 3.63) is 66.2 Å². The molecule has 0 aliphatic rings. The second kappa shape index (κ2) is 7.14. The van der Waals surface area contributed by atoms with Crippen LogP contribution < -0.4 is 16.7 Å². The summed E-state index contributed by atoms with van der Waals surface area (Å²) in [4.78, 5) is 27.9. The summed E-state index contributed by atoms with van der Waals surface area (Å²) >= 11 is 9.31. The van der Waals surface area contributed by atoms with Crippen molar-refractivity contribution in [2.45, 2.75) is 18.7 Å². The lowest BCUT2D eigenvalue weighted by Gasteiger charge is -2.14. The molecule has 0 unspecified atom stereocenters. The van der Waals surface area contributed by atoms with Gasteiger partial charge in [0.2, 0.25) is 0 Å². The number of aryl methyl sites for hydroxylation is 1. The second-order valence-electron chi connectivity index (χ2n) is 5.90. The fourth-order valence-electron chi connectivity index (χ4n) is 2.65. The van der Waals surface area contributed by atoms with Gasteiger partial charge in [0, 0.05) is 9.50 Å². The Morgan fingerprint density at radius 1 is 1.22 bits per heavy atom. The number of nitrogens with one attached hydrogen (secondary N) is 2. The van der Waals surface area contributed by atoms with Gasteiger partial charge in [0.1, 0.15) is 0 Å². The third-order valence-corrected chi connectivity index (χ3v) is 6.64. The van der Waals surface area contributed by atoms with Gasteiger partial charge in [0.25, 0.3) is 5.56 Å². The Kier molecular flexibility index (Phi) is 5.20. The number of hydrogen-bond acceptors (Lipinski definition) is 5. The van der Waals surface area contributed by atoms with E-state index < -0.39 is 21.1 Å². The summed E-state index contributed by atoms with van der Waals surface area (Å²) in [5, 5.41) is 0.535. The van der Waals surface area contributed by atoms with Gasteiger partial charge in [0.05, 0.1) is 27.2 Å². The third-order valence-electron chi connectivity index (χ3n) is 3.99. The summed E-state index contributed by atoms with van der Waals surface area (Å²) < 4.78 is 26.0. The highest BCUT2D eigenvalue weighted by Gasteiger charge is 2.19. The Morgan fingerprint density at radius 3 is 2.59 bits per heavy atom. The molecule has 142 valence electrons. The number of halogens is 2. The Labute approximate surface area is 168 Å². The lowest BCUT2D eigenvalue weighted by molar-refractivity contribution is 0.597. The van der Waals surface area contributed by atoms with Gasteiger partial charge in [0.15, 0.2) is 9.84 Å². The average molecular weight is 473 g/mol. The lowest BCUT2D eigenvalue weighted by atomic mass is 10.2. The molecule has 0 amide bonds. The highest BCUT2D eigenvalue weighted by molar-refractivity contribution is 9.10. The molecule has 3 rings (SSSR count). The number of aromatic nitrogens is 2. The van der Waals surface area contributed by atoms with Gasteiger partial charge in [-0.05, 0) is 58.7 Å². The van der Waals surface area contributed by atoms with Crippen LogP contribution in [0, 0.1) is 6.92 Å². The van der Waals surface area contributed by atoms with Gasteiger partial charge in [-0.2, -0.15) is 4.68 Å². The van der Waals surface area contributed by atoms with Crippen molar-refractivity contribution in [1.29, 1.82) is 0 Å². The first-order valence-electron chi connectivity index (χ1n) is 7.88. The first kappa shape index (κ1) is 19.7. The number of fused-ring (bicyclic) bond motifs is 1. The molecule has 7 nitrogen and oxygen atoms in total. The van der Waals surface area contributed by atoms with Crippen molar-refractivity contribution in [2.24, 2.45) is 0 Å². The van der Waals surface area contributed by atoms with Crippen molar-refractivity contribution >= 4 is 54.0 Å². The van der Waals surface area contributed by atoms with E-state index in [1.165, 1.54) is 25.1 Å². The number of hydrogen-bond donors (Lipinski definition) is 2. The minimum Gasteiger partial charge on any atom is -0.304 e. The van der Waals surface area contributed by atoms with Crippen molar-refractivity contribution in [3.63, 3.8) is 0 Å². The van der Waals surface area contributed by atoms with Crippen LogP contribution in [0.3, 0.4) is 0 Å². The number of aromatic amines is 1. The van der Waals surface area contributed by atoms with E-state index >= 15 is 0 Å². The molecule has 27 heavy (non-hydrogen) atoms. The number of benzene rings is 2. The quantitative estimate of drug-likeness (QED) is 0.608. The molecule has 0 saturated heterocycles. The summed E-state index contributed by atoms with van der Waals surface area (Å²) in [7, 11) is -3.60. The maximum absolute atomic E-state index is 12.9. The minimum absolute atomic E-state index is 0.0445. The number of rotatable bonds is 4. The largest absolute Gasteiger partial charge is 0.348 e. The van der Waals surface area contributed by atoms with Gasteiger partial charge in [-0.1, -0.05) is 18.5 Å². The van der Waals surface area contributed by atoms with E-state index in [1.807, 2.05) is 6.92 Å². The molecular weight excluding hydrogens is 458 g/mol. The van der Waals surface area contributed by atoms with Gasteiger partial charge in [-0.15, -0.1) is 0 Å². The Morgan fingerprint density at radius 2 is 1.93 bits per heavy atom. The topological polar surface area (TPSA) is 101 Å². The molecule has 0 radical (unpaired) electrons. The smallest absolute Gasteiger partial charge is 0.304 e. The van der Waals surface area contributed by atoms with Crippen LogP contribution >= 0.6 is 27.5 Å². The maximum atomic E-state index is 12.9. The van der Waals surface area contributed by atoms with E-state index in [-0.39, 0.29) is 26.7 Å². The molecule has 3 aromatic rings. The Balaban J connectivity index is 2.26. The van der Waals surface area contributed by atoms with Crippen LogP contribution in [0.2, 0.25) is 5.02 Å². The van der Waals surface area contributed by atoms with E-state index in [1.54, 1.807) is 12.1 Å². The molecule has 0 saturated carbocycles. The van der Waals surface area contributed by atoms with Crippen LogP contribution in [0.25, 0.3) is 10.9 Å². The molecule has 0 aliphatic carbocycles. The minimum atomic E-state index is -3.60. The fraction of sp³-hybridized carbons (Fsp3) is 0.176. The zero-order chi connectivity index (χ0) is 19.9. The van der Waals surface area contributed by atoms with Crippen LogP contribution in [0.15, 0.2) is 49.3 Å². The van der Waals surface area contributed by atoms with Crippen LogP contribution in [-0.2, 0) is 9.84 Å². The number of H-pyrrole nitrogens is 1. The normalized spacial score (nSPS) is 11.7. The first-order chi connectivity index (χ1) is 12.6. The predicted octanol–water partition coefficient (Wildman–Crippen LogP) is 3.08. The van der Waals surface area contributed by atoms with Crippen molar-refractivity contribution in [1.82, 2.24) is 9.66 Å². The SMILES string of the molecule is CCS(=O)(=O)c1ccc(Cl)cc1Nn1c(=O)[nH]c2c(Br)cc(C)cc2c1=O. The summed E-state index contributed by atoms with van der Waals surface area (Å²) in [5.74, 6) is -0.140. The molecule has 0 atom stereocenters. The average Bonchev–Trinajstić information content (AvgIpc) is 2.59. The molecule has 1 heterocycles. The summed E-state index contributed by atoms with van der Waals surface area (Å²) in [5.41, 5.74) is 2.48. The number of sulfone groups is 1. The molecule has 0 aliphatic heterocycles. The van der Waals surface area contributed by atoms with Crippen molar-refractivity contribution < 1.29 is 8.42 Å². The second-order valence-corrected chi connectivity index (χ2v) is 9.43. The highest BCUT2D eigenvalue weighted by Crippen LogP contribution is 2.26. The Bertz CT molecular complexity index is 1280. The Hall–Kier alpha value is -2.10. The molecule has 0 fully saturated rings. The van der Waals surface area contributed by atoms with Crippen LogP contribution in [0.1, 0.15) is 12.5 Å². The number of nitrogens with zero attached hydrogens (tertiary/aromatic N) is 1. The molecule has 0 spiro atoms. The lowest BCUT2D eigenvalue weighted by Crippen LogP contribution is -2.40. The van der Waals surface area contributed by atoms with Crippen molar-refractivity contribution in [3.8, 4) is 0 Å². The van der Waals surface area contributed by atoms with Gasteiger partial charge in [-0.3, -0.25) is 10.2 Å². The fourth-order valence-corrected chi connectivity index (χ4v) is 4.52. The van der Waals surface area contributed by atoms with E-state index in [0.717, 1.165) is 10.2 Å². The first-order valence-corrected chi connectivity index (χ1v) is 10.7. The molecule has 10 heteroatoms. The maximum Gasteiger partial charge on any atom is 0.348 e.